The number of hydrogen-bond acceptors (Lipinski definition) is 4. The third-order valence-corrected chi connectivity index (χ3v) is 4.04. The molecule has 6 heteroatoms. The van der Waals surface area contributed by atoms with Crippen molar-refractivity contribution < 1.29 is 14.3 Å². The van der Waals surface area contributed by atoms with Gasteiger partial charge in [0.05, 0.1) is 31.6 Å². The number of carbonyl (C=O) groups is 1. The molecule has 1 heterocycles. The number of aryl methyl sites for hydroxylation is 1. The van der Waals surface area contributed by atoms with E-state index in [2.05, 4.69) is 10.3 Å². The molecule has 0 radical (unpaired) electrons. The number of para-hydroxylation sites is 2. The Balaban J connectivity index is 1.54. The summed E-state index contributed by atoms with van der Waals surface area (Å²) in [7, 11) is 3.19. The zero-order chi connectivity index (χ0) is 17.6. The topological polar surface area (TPSA) is 65.4 Å². The number of carbonyl (C=O) groups excluding carboxylic acids is 1. The van der Waals surface area contributed by atoms with E-state index in [9.17, 15) is 4.79 Å². The molecule has 0 bridgehead atoms. The van der Waals surface area contributed by atoms with Crippen LogP contribution in [0.25, 0.3) is 11.0 Å². The first-order valence-corrected chi connectivity index (χ1v) is 8.08. The summed E-state index contributed by atoms with van der Waals surface area (Å²) in [6.07, 6.45) is 2.17. The molecule has 0 aliphatic heterocycles. The number of imidazole rings is 1. The quantitative estimate of drug-likeness (QED) is 0.719. The number of ether oxygens (including phenoxy) is 2. The van der Waals surface area contributed by atoms with E-state index < -0.39 is 0 Å². The van der Waals surface area contributed by atoms with Gasteiger partial charge in [0.1, 0.15) is 0 Å². The van der Waals surface area contributed by atoms with Crippen LogP contribution >= 0.6 is 0 Å². The molecule has 1 N–H and O–H groups in total. The number of nitrogens with zero attached hydrogens (tertiary/aromatic N) is 2. The fourth-order valence-electron chi connectivity index (χ4n) is 2.69. The summed E-state index contributed by atoms with van der Waals surface area (Å²) in [5.41, 5.74) is 2.93. The van der Waals surface area contributed by atoms with Crippen molar-refractivity contribution in [2.75, 3.05) is 14.2 Å². The summed E-state index contributed by atoms with van der Waals surface area (Å²) in [4.78, 5) is 16.5. The van der Waals surface area contributed by atoms with Crippen LogP contribution in [0, 0.1) is 0 Å². The lowest BCUT2D eigenvalue weighted by molar-refractivity contribution is -0.121. The number of methoxy groups -OCH3 is 2. The smallest absolute Gasteiger partial charge is 0.222 e. The first-order valence-electron chi connectivity index (χ1n) is 8.08. The van der Waals surface area contributed by atoms with Crippen molar-refractivity contribution in [2.45, 2.75) is 19.5 Å². The zero-order valence-electron chi connectivity index (χ0n) is 14.4. The van der Waals surface area contributed by atoms with Crippen LogP contribution in [-0.4, -0.2) is 29.7 Å². The third-order valence-electron chi connectivity index (χ3n) is 4.04. The van der Waals surface area contributed by atoms with E-state index in [0.717, 1.165) is 16.6 Å². The van der Waals surface area contributed by atoms with Crippen molar-refractivity contribution >= 4 is 16.9 Å². The Hall–Kier alpha value is -3.02. The molecule has 3 rings (SSSR count). The van der Waals surface area contributed by atoms with E-state index in [0.29, 0.717) is 31.0 Å². The van der Waals surface area contributed by atoms with E-state index >= 15 is 0 Å². The van der Waals surface area contributed by atoms with Crippen molar-refractivity contribution in [1.82, 2.24) is 14.9 Å². The number of aromatic nitrogens is 2. The van der Waals surface area contributed by atoms with Crippen LogP contribution in [0.1, 0.15) is 12.0 Å². The number of nitrogens with one attached hydrogen (secondary N) is 1. The van der Waals surface area contributed by atoms with E-state index in [-0.39, 0.29) is 5.91 Å². The van der Waals surface area contributed by atoms with Crippen LogP contribution in [0.15, 0.2) is 48.8 Å². The van der Waals surface area contributed by atoms with Crippen LogP contribution in [0.5, 0.6) is 11.5 Å². The predicted octanol–water partition coefficient (Wildman–Crippen LogP) is 2.76. The van der Waals surface area contributed by atoms with Crippen molar-refractivity contribution in [3.05, 3.63) is 54.4 Å². The van der Waals surface area contributed by atoms with Crippen LogP contribution < -0.4 is 14.8 Å². The van der Waals surface area contributed by atoms with E-state index in [4.69, 9.17) is 9.47 Å². The van der Waals surface area contributed by atoms with Gasteiger partial charge in [0.15, 0.2) is 11.5 Å². The number of rotatable bonds is 7. The standard InChI is InChI=1S/C19H21N3O3/c1-24-17-8-7-14(11-18(17)25-2)12-20-19(23)9-10-22-13-21-15-5-3-4-6-16(15)22/h3-8,11,13H,9-10,12H2,1-2H3,(H,20,23). The maximum absolute atomic E-state index is 12.1. The van der Waals surface area contributed by atoms with E-state index in [1.54, 1.807) is 20.5 Å². The van der Waals surface area contributed by atoms with Crippen molar-refractivity contribution in [3.63, 3.8) is 0 Å². The second kappa shape index (κ2) is 7.70. The molecule has 25 heavy (non-hydrogen) atoms. The minimum Gasteiger partial charge on any atom is -0.493 e. The summed E-state index contributed by atoms with van der Waals surface area (Å²) in [6, 6.07) is 13.5. The maximum atomic E-state index is 12.1. The zero-order valence-corrected chi connectivity index (χ0v) is 14.4. The molecule has 6 nitrogen and oxygen atoms in total. The van der Waals surface area contributed by atoms with Gasteiger partial charge in [-0.15, -0.1) is 0 Å². The lowest BCUT2D eigenvalue weighted by Crippen LogP contribution is -2.23. The Morgan fingerprint density at radius 3 is 2.72 bits per heavy atom. The Morgan fingerprint density at radius 2 is 1.92 bits per heavy atom. The van der Waals surface area contributed by atoms with E-state index in [1.807, 2.05) is 47.0 Å². The minimum absolute atomic E-state index is 0.00688. The molecular formula is C19H21N3O3. The third kappa shape index (κ3) is 3.91. The monoisotopic (exact) mass is 339 g/mol. The fraction of sp³-hybridized carbons (Fsp3) is 0.263. The molecule has 1 aromatic heterocycles. The van der Waals surface area contributed by atoms with Gasteiger partial charge < -0.3 is 19.4 Å². The Morgan fingerprint density at radius 1 is 1.12 bits per heavy atom. The molecule has 0 aliphatic rings. The molecule has 0 spiro atoms. The van der Waals surface area contributed by atoms with Gasteiger partial charge in [0.2, 0.25) is 5.91 Å². The Labute approximate surface area is 146 Å². The normalized spacial score (nSPS) is 10.6. The van der Waals surface area contributed by atoms with Gasteiger partial charge in [-0.25, -0.2) is 4.98 Å². The number of benzene rings is 2. The summed E-state index contributed by atoms with van der Waals surface area (Å²) in [5.74, 6) is 1.32. The minimum atomic E-state index is -0.00688. The Kier molecular flexibility index (Phi) is 5.18. The summed E-state index contributed by atoms with van der Waals surface area (Å²) in [6.45, 7) is 1.04. The summed E-state index contributed by atoms with van der Waals surface area (Å²) in [5, 5.41) is 2.93. The average Bonchev–Trinajstić information content (AvgIpc) is 3.07. The highest BCUT2D eigenvalue weighted by atomic mass is 16.5. The number of hydrogen-bond donors (Lipinski definition) is 1. The largest absolute Gasteiger partial charge is 0.493 e. The lowest BCUT2D eigenvalue weighted by Gasteiger charge is -2.10. The number of amides is 1. The molecule has 0 aliphatic carbocycles. The van der Waals surface area contributed by atoms with Crippen LogP contribution in [0.4, 0.5) is 0 Å². The van der Waals surface area contributed by atoms with Crippen molar-refractivity contribution in [1.29, 1.82) is 0 Å². The predicted molar refractivity (Wildman–Crippen MR) is 95.7 cm³/mol. The molecule has 1 amide bonds. The highest BCUT2D eigenvalue weighted by molar-refractivity contribution is 5.77. The van der Waals surface area contributed by atoms with Gasteiger partial charge in [-0.05, 0) is 29.8 Å². The van der Waals surface area contributed by atoms with Gasteiger partial charge in [0.25, 0.3) is 0 Å². The van der Waals surface area contributed by atoms with Crippen LogP contribution in [0.3, 0.4) is 0 Å². The summed E-state index contributed by atoms with van der Waals surface area (Å²) < 4.78 is 12.5. The van der Waals surface area contributed by atoms with Crippen molar-refractivity contribution in [3.8, 4) is 11.5 Å². The molecule has 130 valence electrons. The molecule has 2 aromatic carbocycles. The number of fused-ring (bicyclic) bond motifs is 1. The first kappa shape index (κ1) is 16.8. The first-order chi connectivity index (χ1) is 12.2. The second-order valence-electron chi connectivity index (χ2n) is 5.64. The second-order valence-corrected chi connectivity index (χ2v) is 5.64. The van der Waals surface area contributed by atoms with Gasteiger partial charge in [-0.1, -0.05) is 18.2 Å². The van der Waals surface area contributed by atoms with Gasteiger partial charge in [-0.3, -0.25) is 4.79 Å². The molecule has 0 atom stereocenters. The molecule has 0 saturated heterocycles. The molecule has 0 unspecified atom stereocenters. The summed E-state index contributed by atoms with van der Waals surface area (Å²) >= 11 is 0. The molecule has 3 aromatic rings. The average molecular weight is 339 g/mol. The Bertz CT molecular complexity index is 873. The fourth-order valence-corrected chi connectivity index (χ4v) is 2.69. The van der Waals surface area contributed by atoms with Gasteiger partial charge in [-0.2, -0.15) is 0 Å². The maximum Gasteiger partial charge on any atom is 0.222 e. The van der Waals surface area contributed by atoms with Gasteiger partial charge >= 0.3 is 0 Å². The molecule has 0 fully saturated rings. The lowest BCUT2D eigenvalue weighted by atomic mass is 10.2. The molecule has 0 saturated carbocycles. The van der Waals surface area contributed by atoms with Crippen molar-refractivity contribution in [2.24, 2.45) is 0 Å². The molecular weight excluding hydrogens is 318 g/mol. The van der Waals surface area contributed by atoms with Crippen LogP contribution in [-0.2, 0) is 17.9 Å². The SMILES string of the molecule is COc1ccc(CNC(=O)CCn2cnc3ccccc32)cc1OC. The van der Waals surface area contributed by atoms with E-state index in [1.165, 1.54) is 0 Å². The van der Waals surface area contributed by atoms with Crippen LogP contribution in [0.2, 0.25) is 0 Å². The van der Waals surface area contributed by atoms with Gasteiger partial charge in [0, 0.05) is 19.5 Å². The highest BCUT2D eigenvalue weighted by Gasteiger charge is 2.07. The highest BCUT2D eigenvalue weighted by Crippen LogP contribution is 2.27.